The van der Waals surface area contributed by atoms with E-state index >= 15 is 0 Å². The highest BCUT2D eigenvalue weighted by Crippen LogP contribution is 2.42. The number of anilines is 1. The van der Waals surface area contributed by atoms with Crippen LogP contribution in [0.25, 0.3) is 0 Å². The SMILES string of the molecule is CC[C@H](C)C(=O)N=C1S[C@@H]2CS(=O)(=O)C[C@@H]2N1c1ccc(Cl)c(Cl)c1. The van der Waals surface area contributed by atoms with E-state index in [9.17, 15) is 13.2 Å². The standard InChI is InChI=1S/C16H18Cl2N2O3S2/c1-3-9(2)15(21)19-16-20(10-4-5-11(17)12(18)6-10)13-7-25(22,23)8-14(13)24-16/h4-6,9,13-14H,3,7-8H2,1-2H3/t9-,13-,14+/m0/s1. The summed E-state index contributed by atoms with van der Waals surface area (Å²) < 4.78 is 24.1. The molecule has 25 heavy (non-hydrogen) atoms. The smallest absolute Gasteiger partial charge is 0.250 e. The van der Waals surface area contributed by atoms with Crippen LogP contribution in [-0.4, -0.2) is 42.3 Å². The first-order chi connectivity index (χ1) is 11.7. The second-order valence-corrected chi connectivity index (χ2v) is 10.5. The summed E-state index contributed by atoms with van der Waals surface area (Å²) in [7, 11) is -3.10. The number of carbonyl (C=O) groups is 1. The summed E-state index contributed by atoms with van der Waals surface area (Å²) >= 11 is 13.5. The lowest BCUT2D eigenvalue weighted by Gasteiger charge is -2.25. The number of rotatable bonds is 3. The van der Waals surface area contributed by atoms with Gasteiger partial charge in [0.05, 0.1) is 27.6 Å². The van der Waals surface area contributed by atoms with Gasteiger partial charge in [0.15, 0.2) is 15.0 Å². The molecule has 2 aliphatic rings. The highest BCUT2D eigenvalue weighted by molar-refractivity contribution is 8.16. The Hall–Kier alpha value is -0.760. The van der Waals surface area contributed by atoms with Gasteiger partial charge in [-0.2, -0.15) is 4.99 Å². The van der Waals surface area contributed by atoms with E-state index in [2.05, 4.69) is 4.99 Å². The molecule has 2 aliphatic heterocycles. The van der Waals surface area contributed by atoms with Crippen molar-refractivity contribution in [2.45, 2.75) is 31.6 Å². The zero-order valence-corrected chi connectivity index (χ0v) is 16.9. The van der Waals surface area contributed by atoms with Crippen molar-refractivity contribution in [3.8, 4) is 0 Å². The summed E-state index contributed by atoms with van der Waals surface area (Å²) in [6.45, 7) is 3.77. The Morgan fingerprint density at radius 3 is 2.72 bits per heavy atom. The van der Waals surface area contributed by atoms with E-state index in [1.807, 2.05) is 18.7 Å². The number of nitrogens with zero attached hydrogens (tertiary/aromatic N) is 2. The van der Waals surface area contributed by atoms with Gasteiger partial charge in [0.2, 0.25) is 0 Å². The van der Waals surface area contributed by atoms with Crippen molar-refractivity contribution in [2.24, 2.45) is 10.9 Å². The van der Waals surface area contributed by atoms with Crippen LogP contribution in [0.15, 0.2) is 23.2 Å². The Balaban J connectivity index is 2.02. The van der Waals surface area contributed by atoms with E-state index < -0.39 is 9.84 Å². The molecule has 1 amide bonds. The summed E-state index contributed by atoms with van der Waals surface area (Å²) in [5.41, 5.74) is 0.696. The van der Waals surface area contributed by atoms with Gasteiger partial charge in [0, 0.05) is 16.9 Å². The van der Waals surface area contributed by atoms with Crippen molar-refractivity contribution in [3.05, 3.63) is 28.2 Å². The molecule has 0 radical (unpaired) electrons. The Bertz CT molecular complexity index is 842. The first-order valence-electron chi connectivity index (χ1n) is 7.95. The number of amidine groups is 1. The van der Waals surface area contributed by atoms with Gasteiger partial charge < -0.3 is 4.90 Å². The molecule has 0 spiro atoms. The third-order valence-electron chi connectivity index (χ3n) is 4.49. The molecule has 2 heterocycles. The molecule has 0 unspecified atom stereocenters. The average Bonchev–Trinajstić information content (AvgIpc) is 3.00. The molecule has 2 saturated heterocycles. The minimum absolute atomic E-state index is 0.0431. The van der Waals surface area contributed by atoms with E-state index in [1.54, 1.807) is 18.2 Å². The third kappa shape index (κ3) is 3.84. The molecule has 2 fully saturated rings. The van der Waals surface area contributed by atoms with Crippen LogP contribution in [0.5, 0.6) is 0 Å². The Morgan fingerprint density at radius 2 is 2.08 bits per heavy atom. The molecule has 136 valence electrons. The number of hydrogen-bond donors (Lipinski definition) is 0. The number of sulfone groups is 1. The third-order valence-corrected chi connectivity index (χ3v) is 8.44. The molecule has 1 aromatic carbocycles. The lowest BCUT2D eigenvalue weighted by atomic mass is 10.1. The van der Waals surface area contributed by atoms with Crippen LogP contribution in [-0.2, 0) is 14.6 Å². The first-order valence-corrected chi connectivity index (χ1v) is 11.4. The second kappa shape index (κ2) is 7.10. The summed E-state index contributed by atoms with van der Waals surface area (Å²) in [5, 5.41) is 1.19. The topological polar surface area (TPSA) is 66.8 Å². The van der Waals surface area contributed by atoms with Gasteiger partial charge in [-0.25, -0.2) is 8.42 Å². The molecule has 0 aliphatic carbocycles. The van der Waals surface area contributed by atoms with Gasteiger partial charge in [-0.3, -0.25) is 4.79 Å². The Labute approximate surface area is 161 Å². The fourth-order valence-electron chi connectivity index (χ4n) is 2.88. The molecule has 3 rings (SSSR count). The molecule has 0 saturated carbocycles. The van der Waals surface area contributed by atoms with Gasteiger partial charge in [-0.15, -0.1) is 0 Å². The summed E-state index contributed by atoms with van der Waals surface area (Å²) in [4.78, 5) is 18.4. The molecule has 0 aromatic heterocycles. The largest absolute Gasteiger partial charge is 0.316 e. The minimum atomic E-state index is -3.10. The average molecular weight is 421 g/mol. The van der Waals surface area contributed by atoms with Crippen LogP contribution in [0.2, 0.25) is 10.0 Å². The van der Waals surface area contributed by atoms with Crippen molar-refractivity contribution >= 4 is 61.6 Å². The molecule has 3 atom stereocenters. The van der Waals surface area contributed by atoms with Crippen LogP contribution in [0.3, 0.4) is 0 Å². The zero-order chi connectivity index (χ0) is 18.4. The normalized spacial score (nSPS) is 27.5. The maximum atomic E-state index is 12.3. The lowest BCUT2D eigenvalue weighted by Crippen LogP contribution is -2.37. The summed E-state index contributed by atoms with van der Waals surface area (Å²) in [6.07, 6.45) is 0.703. The van der Waals surface area contributed by atoms with Gasteiger partial charge in [0.25, 0.3) is 5.91 Å². The van der Waals surface area contributed by atoms with Crippen molar-refractivity contribution in [2.75, 3.05) is 16.4 Å². The molecular weight excluding hydrogens is 403 g/mol. The number of aliphatic imine (C=N–C) groups is 1. The van der Waals surface area contributed by atoms with Gasteiger partial charge in [-0.05, 0) is 24.6 Å². The minimum Gasteiger partial charge on any atom is -0.316 e. The van der Waals surface area contributed by atoms with E-state index in [0.717, 1.165) is 0 Å². The lowest BCUT2D eigenvalue weighted by molar-refractivity contribution is -0.121. The predicted octanol–water partition coefficient (Wildman–Crippen LogP) is 3.64. The highest BCUT2D eigenvalue weighted by atomic mass is 35.5. The second-order valence-electron chi connectivity index (χ2n) is 6.31. The Kier molecular flexibility index (Phi) is 5.40. The highest BCUT2D eigenvalue weighted by Gasteiger charge is 2.49. The number of hydrogen-bond acceptors (Lipinski definition) is 4. The van der Waals surface area contributed by atoms with Crippen molar-refractivity contribution in [1.82, 2.24) is 0 Å². The number of halogens is 2. The number of carbonyl (C=O) groups excluding carboxylic acids is 1. The van der Waals surface area contributed by atoms with Crippen LogP contribution in [0.4, 0.5) is 5.69 Å². The molecule has 0 N–H and O–H groups in total. The zero-order valence-electron chi connectivity index (χ0n) is 13.8. The number of thioether (sulfide) groups is 1. The molecular formula is C16H18Cl2N2O3S2. The number of fused-ring (bicyclic) bond motifs is 1. The van der Waals surface area contributed by atoms with E-state index in [1.165, 1.54) is 11.8 Å². The van der Waals surface area contributed by atoms with E-state index in [4.69, 9.17) is 23.2 Å². The molecule has 5 nitrogen and oxygen atoms in total. The van der Waals surface area contributed by atoms with Crippen LogP contribution < -0.4 is 4.90 Å². The first kappa shape index (κ1) is 19.0. The van der Waals surface area contributed by atoms with Crippen molar-refractivity contribution in [1.29, 1.82) is 0 Å². The number of benzene rings is 1. The van der Waals surface area contributed by atoms with Crippen LogP contribution in [0, 0.1) is 5.92 Å². The van der Waals surface area contributed by atoms with Gasteiger partial charge >= 0.3 is 0 Å². The maximum Gasteiger partial charge on any atom is 0.250 e. The molecule has 1 aromatic rings. The van der Waals surface area contributed by atoms with E-state index in [-0.39, 0.29) is 34.6 Å². The number of amides is 1. The van der Waals surface area contributed by atoms with Crippen molar-refractivity contribution < 1.29 is 13.2 Å². The molecule has 0 bridgehead atoms. The van der Waals surface area contributed by atoms with Crippen molar-refractivity contribution in [3.63, 3.8) is 0 Å². The maximum absolute atomic E-state index is 12.3. The quantitative estimate of drug-likeness (QED) is 0.746. The van der Waals surface area contributed by atoms with Gasteiger partial charge in [0.1, 0.15) is 0 Å². The van der Waals surface area contributed by atoms with Gasteiger partial charge in [-0.1, -0.05) is 48.8 Å². The predicted molar refractivity (Wildman–Crippen MR) is 105 cm³/mol. The molecule has 9 heteroatoms. The monoisotopic (exact) mass is 420 g/mol. The van der Waals surface area contributed by atoms with Crippen LogP contribution >= 0.6 is 35.0 Å². The fourth-order valence-corrected chi connectivity index (χ4v) is 7.09. The van der Waals surface area contributed by atoms with Crippen LogP contribution in [0.1, 0.15) is 20.3 Å². The summed E-state index contributed by atoms with van der Waals surface area (Å²) in [6, 6.07) is 4.86. The fraction of sp³-hybridized carbons (Fsp3) is 0.500. The summed E-state index contributed by atoms with van der Waals surface area (Å²) in [5.74, 6) is -0.233. The Morgan fingerprint density at radius 1 is 1.36 bits per heavy atom. The van der Waals surface area contributed by atoms with E-state index in [0.29, 0.717) is 27.3 Å².